The van der Waals surface area contributed by atoms with Gasteiger partial charge in [0.2, 0.25) is 0 Å². The highest BCUT2D eigenvalue weighted by atomic mass is 14.7. The lowest BCUT2D eigenvalue weighted by Crippen LogP contribution is -1.97. The first kappa shape index (κ1) is 6.69. The molecule has 58 valence electrons. The zero-order valence-electron chi connectivity index (χ0n) is 7.57. The predicted molar refractivity (Wildman–Crippen MR) is 43.8 cm³/mol. The van der Waals surface area contributed by atoms with E-state index in [-0.39, 0.29) is 0 Å². The molecular weight excluding hydrogens is 120 g/mol. The van der Waals surface area contributed by atoms with Crippen LogP contribution in [0.1, 0.15) is 40.5 Å². The summed E-state index contributed by atoms with van der Waals surface area (Å²) in [5.74, 6) is 2.14. The van der Waals surface area contributed by atoms with Gasteiger partial charge in [-0.2, -0.15) is 0 Å². The van der Waals surface area contributed by atoms with Gasteiger partial charge < -0.3 is 0 Å². The molecule has 10 heavy (non-hydrogen) atoms. The van der Waals surface area contributed by atoms with E-state index in [1.54, 1.807) is 0 Å². The summed E-state index contributed by atoms with van der Waals surface area (Å²) in [6.45, 7) is 9.64. The standard InChI is InChI=1S/C10H18/c1-9(2)5-7(9)8-6-10(8,3)4/h7-8H,5-6H2,1-4H3. The average Bonchev–Trinajstić information content (AvgIpc) is 2.49. The maximum absolute atomic E-state index is 2.41. The van der Waals surface area contributed by atoms with E-state index in [4.69, 9.17) is 0 Å². The lowest BCUT2D eigenvalue weighted by molar-refractivity contribution is 0.448. The van der Waals surface area contributed by atoms with Gasteiger partial charge in [-0.1, -0.05) is 27.7 Å². The lowest BCUT2D eigenvalue weighted by Gasteiger charge is -2.04. The molecule has 2 aliphatic rings. The highest BCUT2D eigenvalue weighted by Crippen LogP contribution is 2.69. The summed E-state index contributed by atoms with van der Waals surface area (Å²) in [6.07, 6.45) is 2.97. The van der Waals surface area contributed by atoms with Crippen molar-refractivity contribution in [3.63, 3.8) is 0 Å². The van der Waals surface area contributed by atoms with Crippen molar-refractivity contribution in [2.75, 3.05) is 0 Å². The van der Waals surface area contributed by atoms with Crippen molar-refractivity contribution in [3.05, 3.63) is 0 Å². The van der Waals surface area contributed by atoms with Crippen LogP contribution in [0.25, 0.3) is 0 Å². The van der Waals surface area contributed by atoms with Crippen LogP contribution in [0.4, 0.5) is 0 Å². The second-order valence-corrected chi connectivity index (χ2v) is 5.60. The molecule has 0 heteroatoms. The summed E-state index contributed by atoms with van der Waals surface area (Å²) < 4.78 is 0. The van der Waals surface area contributed by atoms with E-state index in [9.17, 15) is 0 Å². The van der Waals surface area contributed by atoms with Crippen LogP contribution in [0.3, 0.4) is 0 Å². The van der Waals surface area contributed by atoms with Gasteiger partial charge in [-0.15, -0.1) is 0 Å². The van der Waals surface area contributed by atoms with E-state index in [1.807, 2.05) is 0 Å². The molecule has 2 rings (SSSR count). The maximum Gasteiger partial charge on any atom is -0.0320 e. The highest BCUT2D eigenvalue weighted by molar-refractivity contribution is 5.10. The molecule has 0 aliphatic heterocycles. The molecule has 2 unspecified atom stereocenters. The van der Waals surface area contributed by atoms with Crippen molar-refractivity contribution in [2.45, 2.75) is 40.5 Å². The van der Waals surface area contributed by atoms with Crippen molar-refractivity contribution >= 4 is 0 Å². The Kier molecular flexibility index (Phi) is 0.964. The molecule has 0 aromatic heterocycles. The molecule has 0 bridgehead atoms. The largest absolute Gasteiger partial charge is 0.0596 e. The van der Waals surface area contributed by atoms with Crippen LogP contribution in [-0.2, 0) is 0 Å². The van der Waals surface area contributed by atoms with Gasteiger partial charge in [0, 0.05) is 0 Å². The van der Waals surface area contributed by atoms with Crippen LogP contribution >= 0.6 is 0 Å². The van der Waals surface area contributed by atoms with E-state index in [0.29, 0.717) is 10.8 Å². The topological polar surface area (TPSA) is 0 Å². The first-order valence-electron chi connectivity index (χ1n) is 4.43. The zero-order valence-corrected chi connectivity index (χ0v) is 7.57. The summed E-state index contributed by atoms with van der Waals surface area (Å²) in [7, 11) is 0. The maximum atomic E-state index is 2.41. The first-order chi connectivity index (χ1) is 4.43. The van der Waals surface area contributed by atoms with E-state index in [0.717, 1.165) is 11.8 Å². The molecule has 2 fully saturated rings. The second-order valence-electron chi connectivity index (χ2n) is 5.60. The van der Waals surface area contributed by atoms with E-state index >= 15 is 0 Å². The third-order valence-electron chi connectivity index (χ3n) is 3.67. The summed E-state index contributed by atoms with van der Waals surface area (Å²) >= 11 is 0. The fourth-order valence-electron chi connectivity index (χ4n) is 2.39. The number of hydrogen-bond acceptors (Lipinski definition) is 0. The third kappa shape index (κ3) is 0.810. The Morgan fingerprint density at radius 1 is 0.800 bits per heavy atom. The quantitative estimate of drug-likeness (QED) is 0.522. The van der Waals surface area contributed by atoms with Crippen molar-refractivity contribution < 1.29 is 0 Å². The SMILES string of the molecule is CC1(C)CC1C1CC1(C)C. The monoisotopic (exact) mass is 138 g/mol. The van der Waals surface area contributed by atoms with E-state index in [1.165, 1.54) is 12.8 Å². The molecule has 0 spiro atoms. The second kappa shape index (κ2) is 1.44. The van der Waals surface area contributed by atoms with Crippen LogP contribution in [0.5, 0.6) is 0 Å². The van der Waals surface area contributed by atoms with Crippen LogP contribution in [-0.4, -0.2) is 0 Å². The Bertz CT molecular complexity index is 145. The van der Waals surface area contributed by atoms with Gasteiger partial charge in [-0.05, 0) is 35.5 Å². The van der Waals surface area contributed by atoms with Gasteiger partial charge in [-0.3, -0.25) is 0 Å². The van der Waals surface area contributed by atoms with Gasteiger partial charge in [0.15, 0.2) is 0 Å². The molecule has 0 nitrogen and oxygen atoms in total. The molecule has 0 amide bonds. The fourth-order valence-corrected chi connectivity index (χ4v) is 2.39. The fraction of sp³-hybridized carbons (Fsp3) is 1.00. The molecule has 0 saturated heterocycles. The van der Waals surface area contributed by atoms with E-state index < -0.39 is 0 Å². The van der Waals surface area contributed by atoms with Crippen molar-refractivity contribution in [3.8, 4) is 0 Å². The molecule has 2 aliphatic carbocycles. The summed E-state index contributed by atoms with van der Waals surface area (Å²) in [6, 6.07) is 0. The predicted octanol–water partition coefficient (Wildman–Crippen LogP) is 3.08. The third-order valence-corrected chi connectivity index (χ3v) is 3.67. The summed E-state index contributed by atoms with van der Waals surface area (Å²) in [5.41, 5.74) is 1.41. The van der Waals surface area contributed by atoms with Crippen LogP contribution in [0.2, 0.25) is 0 Å². The van der Waals surface area contributed by atoms with Crippen molar-refractivity contribution in [2.24, 2.45) is 22.7 Å². The Balaban J connectivity index is 1.96. The molecule has 2 atom stereocenters. The zero-order chi connectivity index (χ0) is 7.57. The number of rotatable bonds is 1. The molecule has 0 aromatic carbocycles. The van der Waals surface area contributed by atoms with Crippen molar-refractivity contribution in [1.82, 2.24) is 0 Å². The minimum absolute atomic E-state index is 0.707. The Morgan fingerprint density at radius 3 is 1.10 bits per heavy atom. The van der Waals surface area contributed by atoms with Crippen LogP contribution in [0, 0.1) is 22.7 Å². The Hall–Kier alpha value is 0. The van der Waals surface area contributed by atoms with Gasteiger partial charge in [0.25, 0.3) is 0 Å². The minimum Gasteiger partial charge on any atom is -0.0596 e. The van der Waals surface area contributed by atoms with Crippen LogP contribution in [0.15, 0.2) is 0 Å². The highest BCUT2D eigenvalue weighted by Gasteiger charge is 2.61. The minimum atomic E-state index is 0.707. The normalized spacial score (nSPS) is 46.8. The summed E-state index contributed by atoms with van der Waals surface area (Å²) in [5, 5.41) is 0. The van der Waals surface area contributed by atoms with E-state index in [2.05, 4.69) is 27.7 Å². The molecule has 0 aromatic rings. The molecule has 2 saturated carbocycles. The molecule has 0 heterocycles. The number of hydrogen-bond donors (Lipinski definition) is 0. The average molecular weight is 138 g/mol. The van der Waals surface area contributed by atoms with Crippen LogP contribution < -0.4 is 0 Å². The van der Waals surface area contributed by atoms with Gasteiger partial charge in [-0.25, -0.2) is 0 Å². The lowest BCUT2D eigenvalue weighted by atomic mass is 10.0. The Morgan fingerprint density at radius 2 is 1.00 bits per heavy atom. The van der Waals surface area contributed by atoms with Gasteiger partial charge in [0.05, 0.1) is 0 Å². The summed E-state index contributed by atoms with van der Waals surface area (Å²) in [4.78, 5) is 0. The molecule has 0 radical (unpaired) electrons. The molecule has 0 N–H and O–H groups in total. The van der Waals surface area contributed by atoms with Gasteiger partial charge in [0.1, 0.15) is 0 Å². The first-order valence-corrected chi connectivity index (χ1v) is 4.43. The smallest absolute Gasteiger partial charge is 0.0320 e. The van der Waals surface area contributed by atoms with Crippen molar-refractivity contribution in [1.29, 1.82) is 0 Å². The van der Waals surface area contributed by atoms with Gasteiger partial charge >= 0.3 is 0 Å². The Labute approximate surface area is 64.0 Å². The molecular formula is C10H18.